The topological polar surface area (TPSA) is 0 Å². The molecule has 314 valence electrons. The third-order valence-corrected chi connectivity index (χ3v) is 8.53. The van der Waals surface area contributed by atoms with Crippen LogP contribution in [0, 0.1) is 140 Å². The lowest BCUT2D eigenvalue weighted by Gasteiger charge is -2.19. The first-order valence-corrected chi connectivity index (χ1v) is 14.9. The van der Waals surface area contributed by atoms with Crippen molar-refractivity contribution in [3.8, 4) is 55.6 Å². The minimum absolute atomic E-state index is 0.555. The van der Waals surface area contributed by atoms with E-state index in [2.05, 4.69) is 0 Å². The van der Waals surface area contributed by atoms with Crippen LogP contribution in [-0.4, -0.2) is 0 Å². The highest BCUT2D eigenvalue weighted by atomic mass is 19.2. The summed E-state index contributed by atoms with van der Waals surface area (Å²) in [5.41, 5.74) is -28.1. The van der Waals surface area contributed by atoms with Gasteiger partial charge in [0.25, 0.3) is 0 Å². The molecule has 0 heterocycles. The highest BCUT2D eigenvalue weighted by Crippen LogP contribution is 2.47. The molecule has 6 aromatic carbocycles. The van der Waals surface area contributed by atoms with E-state index < -0.39 is 207 Å². The largest absolute Gasteiger partial charge is 0.204 e. The zero-order chi connectivity index (χ0) is 45.0. The van der Waals surface area contributed by atoms with Crippen LogP contribution in [0.4, 0.5) is 105 Å². The molecular weight excluding hydrogens is 888 g/mol. The molecule has 60 heavy (non-hydrogen) atoms. The molecule has 0 unspecified atom stereocenters. The first-order chi connectivity index (χ1) is 27.8. The highest BCUT2D eigenvalue weighted by Gasteiger charge is 2.41. The summed E-state index contributed by atoms with van der Waals surface area (Å²) >= 11 is 0. The number of rotatable bonds is 5. The Labute approximate surface area is 313 Å². The molecule has 0 aromatic heterocycles. The first kappa shape index (κ1) is 43.2. The molecule has 0 amide bonds. The van der Waals surface area contributed by atoms with Crippen molar-refractivity contribution in [1.29, 1.82) is 0 Å². The summed E-state index contributed by atoms with van der Waals surface area (Å²) in [6.07, 6.45) is 0. The molecule has 0 aliphatic heterocycles. The maximum absolute atomic E-state index is 15.4. The van der Waals surface area contributed by atoms with E-state index in [0.29, 0.717) is 0 Å². The Balaban J connectivity index is 1.60. The van der Waals surface area contributed by atoms with Crippen LogP contribution >= 0.6 is 0 Å². The number of benzene rings is 6. The molecule has 0 nitrogen and oxygen atoms in total. The SMILES string of the molecule is Fc1cc(F)c(F)c(-c2c(F)c(F)c(-c3c(F)c(F)c(-c4c(F)c(F)c(-c5c(F)c(F)c(-c6c(F)c(F)cc(F)c6F)c(F)c5F)c(F)c4F)c(F)c3F)c(F)c2F)c1F. The molecule has 0 N–H and O–H groups in total. The number of hydrogen-bond donors (Lipinski definition) is 0. The lowest BCUT2D eigenvalue weighted by molar-refractivity contribution is 0.432. The van der Waals surface area contributed by atoms with E-state index in [1.807, 2.05) is 0 Å². The van der Waals surface area contributed by atoms with Gasteiger partial charge in [0, 0.05) is 12.1 Å². The molecule has 0 atom stereocenters. The molecule has 6 aromatic rings. The van der Waals surface area contributed by atoms with Crippen molar-refractivity contribution in [1.82, 2.24) is 0 Å². The van der Waals surface area contributed by atoms with Crippen LogP contribution in [0.2, 0.25) is 0 Å². The van der Waals surface area contributed by atoms with Gasteiger partial charge < -0.3 is 0 Å². The van der Waals surface area contributed by atoms with Gasteiger partial charge in [-0.2, -0.15) is 0 Å². The van der Waals surface area contributed by atoms with Crippen LogP contribution < -0.4 is 0 Å². The van der Waals surface area contributed by atoms with Crippen LogP contribution in [0.3, 0.4) is 0 Å². The van der Waals surface area contributed by atoms with Crippen molar-refractivity contribution in [2.24, 2.45) is 0 Å². The van der Waals surface area contributed by atoms with E-state index in [0.717, 1.165) is 0 Å². The maximum atomic E-state index is 15.4. The van der Waals surface area contributed by atoms with Gasteiger partial charge in [0.1, 0.15) is 0 Å². The Morgan fingerprint density at radius 3 is 0.317 bits per heavy atom. The Morgan fingerprint density at radius 1 is 0.133 bits per heavy atom. The lowest BCUT2D eigenvalue weighted by Crippen LogP contribution is -2.13. The first-order valence-electron chi connectivity index (χ1n) is 14.9. The molecule has 0 radical (unpaired) electrons. The van der Waals surface area contributed by atoms with Gasteiger partial charge in [0.15, 0.2) is 140 Å². The fourth-order valence-electron chi connectivity index (χ4n) is 5.87. The minimum Gasteiger partial charge on any atom is -0.204 e. The summed E-state index contributed by atoms with van der Waals surface area (Å²) in [6.45, 7) is 0. The monoisotopic (exact) mass is 890 g/mol. The third-order valence-electron chi connectivity index (χ3n) is 8.53. The van der Waals surface area contributed by atoms with Gasteiger partial charge in [0.2, 0.25) is 0 Å². The number of hydrogen-bond acceptors (Lipinski definition) is 0. The zero-order valence-corrected chi connectivity index (χ0v) is 27.2. The van der Waals surface area contributed by atoms with E-state index in [-0.39, 0.29) is 0 Å². The van der Waals surface area contributed by atoms with E-state index in [1.54, 1.807) is 0 Å². The Hall–Kier alpha value is -6.36. The average Bonchev–Trinajstić information content (AvgIpc) is 3.19. The fourth-order valence-corrected chi connectivity index (χ4v) is 5.87. The smallest absolute Gasteiger partial charge is 0.170 e. The van der Waals surface area contributed by atoms with Crippen molar-refractivity contribution in [2.75, 3.05) is 0 Å². The second-order valence-electron chi connectivity index (χ2n) is 11.7. The lowest BCUT2D eigenvalue weighted by atomic mass is 9.91. The van der Waals surface area contributed by atoms with Crippen LogP contribution in [-0.2, 0) is 0 Å². The maximum Gasteiger partial charge on any atom is 0.170 e. The standard InChI is InChI=1S/C36H2F24/c37-3-1-4(38)18(42)7(17(3)41)9-21(45)25(49)11(26(50)22(9)46)13-29(53)33(57)15(34(58)30(13)54)16-35(59)31(55)14(32(56)36(16)60)12-27(51)23(47)10(24(48)28(12)52)8-19(43)5(39)2-6(40)20(8)44/h1-2H. The molecule has 24 heteroatoms. The molecule has 0 bridgehead atoms. The van der Waals surface area contributed by atoms with E-state index in [9.17, 15) is 35.1 Å². The van der Waals surface area contributed by atoms with Gasteiger partial charge in [-0.1, -0.05) is 0 Å². The van der Waals surface area contributed by atoms with Gasteiger partial charge in [-0.3, -0.25) is 0 Å². The zero-order valence-electron chi connectivity index (χ0n) is 27.2. The van der Waals surface area contributed by atoms with Crippen LogP contribution in [0.25, 0.3) is 55.6 Å². The summed E-state index contributed by atoms with van der Waals surface area (Å²) in [5.74, 6) is -73.5. The van der Waals surface area contributed by atoms with E-state index >= 15 is 70.2 Å². The van der Waals surface area contributed by atoms with Crippen molar-refractivity contribution < 1.29 is 105 Å². The molecule has 6 rings (SSSR count). The predicted octanol–water partition coefficient (Wildman–Crippen LogP) is 13.4. The minimum atomic E-state index is -3.40. The quantitative estimate of drug-likeness (QED) is 0.120. The average molecular weight is 890 g/mol. The van der Waals surface area contributed by atoms with Gasteiger partial charge >= 0.3 is 0 Å². The normalized spacial score (nSPS) is 11.7. The molecular formula is C36H2F24. The van der Waals surface area contributed by atoms with Crippen LogP contribution in [0.15, 0.2) is 12.1 Å². The summed E-state index contributed by atoms with van der Waals surface area (Å²) in [4.78, 5) is 0. The van der Waals surface area contributed by atoms with E-state index in [1.165, 1.54) is 0 Å². The van der Waals surface area contributed by atoms with Crippen molar-refractivity contribution in [3.05, 3.63) is 152 Å². The van der Waals surface area contributed by atoms with E-state index in [4.69, 9.17) is 0 Å². The predicted molar refractivity (Wildman–Crippen MR) is 153 cm³/mol. The molecule has 0 aliphatic carbocycles. The van der Waals surface area contributed by atoms with Crippen molar-refractivity contribution >= 4 is 0 Å². The Morgan fingerprint density at radius 2 is 0.217 bits per heavy atom. The summed E-state index contributed by atoms with van der Waals surface area (Å²) in [5, 5.41) is 0. The molecule has 0 saturated carbocycles. The van der Waals surface area contributed by atoms with Gasteiger partial charge in [0.05, 0.1) is 55.6 Å². The second kappa shape index (κ2) is 14.7. The van der Waals surface area contributed by atoms with Gasteiger partial charge in [-0.15, -0.1) is 0 Å². The summed E-state index contributed by atoms with van der Waals surface area (Å²) in [6, 6.07) is -1.11. The molecule has 0 fully saturated rings. The molecule has 0 saturated heterocycles. The third kappa shape index (κ3) is 5.91. The Kier molecular flexibility index (Phi) is 10.6. The van der Waals surface area contributed by atoms with Crippen molar-refractivity contribution in [2.45, 2.75) is 0 Å². The van der Waals surface area contributed by atoms with Crippen LogP contribution in [0.1, 0.15) is 0 Å². The fraction of sp³-hybridized carbons (Fsp3) is 0. The van der Waals surface area contributed by atoms with Crippen molar-refractivity contribution in [3.63, 3.8) is 0 Å². The molecule has 0 spiro atoms. The number of halogens is 24. The second-order valence-corrected chi connectivity index (χ2v) is 11.7. The van der Waals surface area contributed by atoms with Gasteiger partial charge in [-0.05, 0) is 0 Å². The van der Waals surface area contributed by atoms with Crippen LogP contribution in [0.5, 0.6) is 0 Å². The highest BCUT2D eigenvalue weighted by molar-refractivity contribution is 5.81. The Bertz CT molecular complexity index is 2550. The molecule has 0 aliphatic rings. The summed E-state index contributed by atoms with van der Waals surface area (Å²) in [7, 11) is 0. The summed E-state index contributed by atoms with van der Waals surface area (Å²) < 4.78 is 355. The van der Waals surface area contributed by atoms with Gasteiger partial charge in [-0.25, -0.2) is 105 Å².